The van der Waals surface area contributed by atoms with Crippen LogP contribution in [0.5, 0.6) is 0 Å². The van der Waals surface area contributed by atoms with Crippen molar-refractivity contribution in [2.45, 2.75) is 13.8 Å². The maximum Gasteiger partial charge on any atom is 0.272 e. The first kappa shape index (κ1) is 13.7. The maximum atomic E-state index is 12.2. The third-order valence-corrected chi connectivity index (χ3v) is 3.30. The van der Waals surface area contributed by atoms with Gasteiger partial charge < -0.3 is 4.90 Å². The molecule has 102 valence electrons. The number of amides is 1. The van der Waals surface area contributed by atoms with Gasteiger partial charge in [0.15, 0.2) is 0 Å². The van der Waals surface area contributed by atoms with E-state index in [1.807, 2.05) is 17.0 Å². The summed E-state index contributed by atoms with van der Waals surface area (Å²) in [6, 6.07) is 5.46. The number of rotatable bonds is 3. The van der Waals surface area contributed by atoms with Crippen LogP contribution < -0.4 is 0 Å². The van der Waals surface area contributed by atoms with Crippen molar-refractivity contribution in [3.8, 4) is 0 Å². The number of piperazine rings is 1. The molecule has 1 aliphatic heterocycles. The zero-order chi connectivity index (χ0) is 13.7. The lowest BCUT2D eigenvalue weighted by molar-refractivity contribution is 0.0644. The molecule has 4 heteroatoms. The molecule has 1 aromatic heterocycles. The number of allylic oxidation sites excluding steroid dienone is 1. The van der Waals surface area contributed by atoms with Crippen molar-refractivity contribution in [2.24, 2.45) is 0 Å². The van der Waals surface area contributed by atoms with Gasteiger partial charge in [-0.2, -0.15) is 0 Å². The predicted molar refractivity (Wildman–Crippen MR) is 76.0 cm³/mol. The number of hydrogen-bond donors (Lipinski definition) is 0. The first-order valence-corrected chi connectivity index (χ1v) is 6.73. The molecule has 0 N–H and O–H groups in total. The van der Waals surface area contributed by atoms with Gasteiger partial charge in [0, 0.05) is 38.9 Å². The van der Waals surface area contributed by atoms with Crippen molar-refractivity contribution in [3.63, 3.8) is 0 Å². The molecular weight excluding hydrogens is 238 g/mol. The SMILES string of the molecule is CC(C)=CCN1CCN(C(=O)c2ccccn2)CC1. The van der Waals surface area contributed by atoms with E-state index in [4.69, 9.17) is 0 Å². The van der Waals surface area contributed by atoms with Crippen molar-refractivity contribution >= 4 is 5.91 Å². The average Bonchev–Trinajstić information content (AvgIpc) is 2.46. The molecule has 2 heterocycles. The Bertz CT molecular complexity index is 444. The first-order valence-electron chi connectivity index (χ1n) is 6.73. The molecule has 0 atom stereocenters. The van der Waals surface area contributed by atoms with Crippen LogP contribution in [-0.2, 0) is 0 Å². The number of hydrogen-bond acceptors (Lipinski definition) is 3. The Kier molecular flexibility index (Phi) is 4.68. The Hall–Kier alpha value is -1.68. The summed E-state index contributed by atoms with van der Waals surface area (Å²) in [6.07, 6.45) is 3.90. The summed E-state index contributed by atoms with van der Waals surface area (Å²) in [5.74, 6) is 0.0439. The average molecular weight is 259 g/mol. The summed E-state index contributed by atoms with van der Waals surface area (Å²) in [5.41, 5.74) is 1.88. The molecule has 4 nitrogen and oxygen atoms in total. The summed E-state index contributed by atoms with van der Waals surface area (Å²) in [7, 11) is 0. The van der Waals surface area contributed by atoms with E-state index in [1.165, 1.54) is 5.57 Å². The minimum atomic E-state index is 0.0439. The smallest absolute Gasteiger partial charge is 0.272 e. The van der Waals surface area contributed by atoms with Crippen molar-refractivity contribution in [3.05, 3.63) is 41.7 Å². The van der Waals surface area contributed by atoms with Crippen LogP contribution in [0.15, 0.2) is 36.0 Å². The Morgan fingerprint density at radius 3 is 2.58 bits per heavy atom. The lowest BCUT2D eigenvalue weighted by Gasteiger charge is -2.34. The monoisotopic (exact) mass is 259 g/mol. The molecule has 0 radical (unpaired) electrons. The van der Waals surface area contributed by atoms with Crippen molar-refractivity contribution in [1.29, 1.82) is 0 Å². The fourth-order valence-electron chi connectivity index (χ4n) is 2.10. The molecule has 2 rings (SSSR count). The number of carbonyl (C=O) groups is 1. The molecule has 0 aliphatic carbocycles. The van der Waals surface area contributed by atoms with Crippen molar-refractivity contribution in [2.75, 3.05) is 32.7 Å². The molecule has 0 unspecified atom stereocenters. The molecule has 0 aromatic carbocycles. The minimum Gasteiger partial charge on any atom is -0.335 e. The van der Waals surface area contributed by atoms with E-state index in [2.05, 4.69) is 29.8 Å². The lowest BCUT2D eigenvalue weighted by atomic mass is 10.2. The second-order valence-corrected chi connectivity index (χ2v) is 5.09. The second-order valence-electron chi connectivity index (χ2n) is 5.09. The molecule has 0 bridgehead atoms. The van der Waals surface area contributed by atoms with E-state index in [-0.39, 0.29) is 5.91 Å². The van der Waals surface area contributed by atoms with Gasteiger partial charge in [-0.1, -0.05) is 17.7 Å². The first-order chi connectivity index (χ1) is 9.16. The van der Waals surface area contributed by atoms with Crippen LogP contribution in [0, 0.1) is 0 Å². The Balaban J connectivity index is 1.86. The zero-order valence-corrected chi connectivity index (χ0v) is 11.7. The molecular formula is C15H21N3O. The van der Waals surface area contributed by atoms with Crippen LogP contribution in [-0.4, -0.2) is 53.4 Å². The molecule has 19 heavy (non-hydrogen) atoms. The van der Waals surface area contributed by atoms with E-state index in [1.54, 1.807) is 12.3 Å². The van der Waals surface area contributed by atoms with Crippen molar-refractivity contribution < 1.29 is 4.79 Å². The molecule has 1 saturated heterocycles. The van der Waals surface area contributed by atoms with E-state index in [0.717, 1.165) is 32.7 Å². The van der Waals surface area contributed by atoms with Crippen molar-refractivity contribution in [1.82, 2.24) is 14.8 Å². The minimum absolute atomic E-state index is 0.0439. The fraction of sp³-hybridized carbons (Fsp3) is 0.467. The molecule has 1 aliphatic rings. The van der Waals surface area contributed by atoms with Gasteiger partial charge in [0.05, 0.1) is 0 Å². The van der Waals surface area contributed by atoms with E-state index >= 15 is 0 Å². The van der Waals surface area contributed by atoms with Crippen LogP contribution in [0.25, 0.3) is 0 Å². The van der Waals surface area contributed by atoms with Gasteiger partial charge in [0.2, 0.25) is 0 Å². The number of aromatic nitrogens is 1. The predicted octanol–water partition coefficient (Wildman–Crippen LogP) is 1.81. The van der Waals surface area contributed by atoms with Gasteiger partial charge in [-0.05, 0) is 26.0 Å². The summed E-state index contributed by atoms with van der Waals surface area (Å²) >= 11 is 0. The molecule has 0 saturated carbocycles. The Morgan fingerprint density at radius 2 is 2.00 bits per heavy atom. The van der Waals surface area contributed by atoms with Gasteiger partial charge in [-0.15, -0.1) is 0 Å². The lowest BCUT2D eigenvalue weighted by Crippen LogP contribution is -2.48. The molecule has 1 amide bonds. The van der Waals surface area contributed by atoms with Crippen LogP contribution in [0.1, 0.15) is 24.3 Å². The third-order valence-electron chi connectivity index (χ3n) is 3.30. The highest BCUT2D eigenvalue weighted by atomic mass is 16.2. The molecule has 0 spiro atoms. The van der Waals surface area contributed by atoms with Gasteiger partial charge >= 0.3 is 0 Å². The fourth-order valence-corrected chi connectivity index (χ4v) is 2.10. The quantitative estimate of drug-likeness (QED) is 0.777. The topological polar surface area (TPSA) is 36.4 Å². The summed E-state index contributed by atoms with van der Waals surface area (Å²) < 4.78 is 0. The van der Waals surface area contributed by atoms with Gasteiger partial charge in [0.25, 0.3) is 5.91 Å². The summed E-state index contributed by atoms with van der Waals surface area (Å²) in [6.45, 7) is 8.64. The second kappa shape index (κ2) is 6.48. The molecule has 1 aromatic rings. The van der Waals surface area contributed by atoms with Crippen LogP contribution in [0.4, 0.5) is 0 Å². The van der Waals surface area contributed by atoms with E-state index in [0.29, 0.717) is 5.69 Å². The highest BCUT2D eigenvalue weighted by Crippen LogP contribution is 2.07. The summed E-state index contributed by atoms with van der Waals surface area (Å²) in [4.78, 5) is 20.6. The maximum absolute atomic E-state index is 12.2. The standard InChI is InChI=1S/C15H21N3O/c1-13(2)6-8-17-9-11-18(12-10-17)15(19)14-5-3-4-7-16-14/h3-7H,8-12H2,1-2H3. The zero-order valence-electron chi connectivity index (χ0n) is 11.7. The van der Waals surface area contributed by atoms with E-state index in [9.17, 15) is 4.79 Å². The van der Waals surface area contributed by atoms with Crippen LogP contribution in [0.3, 0.4) is 0 Å². The highest BCUT2D eigenvalue weighted by Gasteiger charge is 2.21. The Morgan fingerprint density at radius 1 is 1.26 bits per heavy atom. The number of carbonyl (C=O) groups excluding carboxylic acids is 1. The van der Waals surface area contributed by atoms with E-state index < -0.39 is 0 Å². The van der Waals surface area contributed by atoms with Gasteiger partial charge in [-0.3, -0.25) is 14.7 Å². The number of nitrogens with zero attached hydrogens (tertiary/aromatic N) is 3. The van der Waals surface area contributed by atoms with Gasteiger partial charge in [-0.25, -0.2) is 0 Å². The number of pyridine rings is 1. The highest BCUT2D eigenvalue weighted by molar-refractivity contribution is 5.92. The molecule has 1 fully saturated rings. The largest absolute Gasteiger partial charge is 0.335 e. The Labute approximate surface area is 114 Å². The normalized spacial score (nSPS) is 16.2. The van der Waals surface area contributed by atoms with Crippen LogP contribution >= 0.6 is 0 Å². The van der Waals surface area contributed by atoms with Crippen LogP contribution in [0.2, 0.25) is 0 Å². The van der Waals surface area contributed by atoms with Gasteiger partial charge in [0.1, 0.15) is 5.69 Å². The third kappa shape index (κ3) is 3.89. The summed E-state index contributed by atoms with van der Waals surface area (Å²) in [5, 5.41) is 0.